The van der Waals surface area contributed by atoms with E-state index >= 15 is 0 Å². The first-order chi connectivity index (χ1) is 13.2. The Labute approximate surface area is 159 Å². The number of benzene rings is 2. The molecule has 1 aliphatic heterocycles. The lowest BCUT2D eigenvalue weighted by Crippen LogP contribution is -2.25. The molecule has 1 aliphatic rings. The van der Waals surface area contributed by atoms with Crippen molar-refractivity contribution in [2.45, 2.75) is 13.3 Å². The second-order valence-corrected chi connectivity index (χ2v) is 8.69. The van der Waals surface area contributed by atoms with Gasteiger partial charge in [-0.15, -0.1) is 0 Å². The van der Waals surface area contributed by atoms with Crippen LogP contribution < -0.4 is 9.73 Å². The number of rotatable bonds is 2. The van der Waals surface area contributed by atoms with Crippen molar-refractivity contribution >= 4 is 26.7 Å². The van der Waals surface area contributed by atoms with Crippen LogP contribution in [0, 0.1) is 12.7 Å². The molecule has 0 radical (unpaired) electrons. The summed E-state index contributed by atoms with van der Waals surface area (Å²) in [6.45, 7) is 1.94. The predicted octanol–water partition coefficient (Wildman–Crippen LogP) is 2.86. The third kappa shape index (κ3) is 2.78. The molecule has 9 heteroatoms. The highest BCUT2D eigenvalue weighted by Crippen LogP contribution is 2.37. The number of nitrogens with zero attached hydrogens (tertiary/aromatic N) is 1. The van der Waals surface area contributed by atoms with E-state index in [9.17, 15) is 27.8 Å². The van der Waals surface area contributed by atoms with E-state index in [-0.39, 0.29) is 40.3 Å². The maximum absolute atomic E-state index is 13.8. The lowest BCUT2D eigenvalue weighted by atomic mass is 10.1. The van der Waals surface area contributed by atoms with E-state index in [0.717, 1.165) is 12.1 Å². The minimum atomic E-state index is -3.55. The zero-order chi connectivity index (χ0) is 20.2. The fourth-order valence-electron chi connectivity index (χ4n) is 3.35. The fraction of sp³-hybridized carbons (Fsp3) is 0.211. The van der Waals surface area contributed by atoms with Crippen LogP contribution >= 0.6 is 0 Å². The molecule has 28 heavy (non-hydrogen) atoms. The molecule has 146 valence electrons. The number of aromatic hydroxyl groups is 2. The molecule has 2 heterocycles. The third-order valence-corrected chi connectivity index (χ3v) is 6.53. The topological polar surface area (TPSA) is 108 Å². The molecule has 0 atom stereocenters. The van der Waals surface area contributed by atoms with Crippen LogP contribution in [-0.4, -0.2) is 30.9 Å². The van der Waals surface area contributed by atoms with Crippen molar-refractivity contribution in [2.75, 3.05) is 16.6 Å². The summed E-state index contributed by atoms with van der Waals surface area (Å²) in [6.07, 6.45) is 0.441. The third-order valence-electron chi connectivity index (χ3n) is 4.67. The largest absolute Gasteiger partial charge is 0.505 e. The average molecular weight is 405 g/mol. The lowest BCUT2D eigenvalue weighted by molar-refractivity contribution is 0.431. The SMILES string of the molecule is Cc1cc(N2CCCS2(=O)=O)c2oc(-c3ccc(O)c(F)c3)c(O)c(=O)c2c1. The number of fused-ring (bicyclic) bond motifs is 1. The van der Waals surface area contributed by atoms with Gasteiger partial charge in [-0.05, 0) is 49.2 Å². The Morgan fingerprint density at radius 2 is 1.93 bits per heavy atom. The Morgan fingerprint density at radius 3 is 2.57 bits per heavy atom. The Kier molecular flexibility index (Phi) is 4.07. The maximum Gasteiger partial charge on any atom is 0.235 e. The number of sulfonamides is 1. The van der Waals surface area contributed by atoms with Crippen LogP contribution in [0.15, 0.2) is 39.5 Å². The van der Waals surface area contributed by atoms with Crippen LogP contribution in [0.3, 0.4) is 0 Å². The summed E-state index contributed by atoms with van der Waals surface area (Å²) in [5, 5.41) is 19.7. The summed E-state index contributed by atoms with van der Waals surface area (Å²) in [4.78, 5) is 12.7. The second-order valence-electron chi connectivity index (χ2n) is 6.68. The molecule has 7 nitrogen and oxygen atoms in total. The van der Waals surface area contributed by atoms with Gasteiger partial charge in [0.25, 0.3) is 0 Å². The van der Waals surface area contributed by atoms with Gasteiger partial charge >= 0.3 is 0 Å². The number of anilines is 1. The summed E-state index contributed by atoms with van der Waals surface area (Å²) < 4.78 is 45.4. The zero-order valence-corrected chi connectivity index (χ0v) is 15.6. The van der Waals surface area contributed by atoms with Crippen LogP contribution in [0.2, 0.25) is 0 Å². The maximum atomic E-state index is 13.8. The molecule has 0 bridgehead atoms. The van der Waals surface area contributed by atoms with Gasteiger partial charge in [0.05, 0.1) is 16.8 Å². The van der Waals surface area contributed by atoms with Gasteiger partial charge in [0.2, 0.25) is 21.2 Å². The van der Waals surface area contributed by atoms with Gasteiger partial charge in [0.1, 0.15) is 0 Å². The summed E-state index contributed by atoms with van der Waals surface area (Å²) in [7, 11) is -3.55. The zero-order valence-electron chi connectivity index (χ0n) is 14.8. The molecule has 2 aromatic carbocycles. The van der Waals surface area contributed by atoms with Gasteiger partial charge in [0.15, 0.2) is 22.9 Å². The number of phenolic OH excluding ortho intramolecular Hbond substituents is 1. The molecule has 4 rings (SSSR count). The second kappa shape index (κ2) is 6.23. The first-order valence-electron chi connectivity index (χ1n) is 8.49. The predicted molar refractivity (Wildman–Crippen MR) is 102 cm³/mol. The summed E-state index contributed by atoms with van der Waals surface area (Å²) in [5.74, 6) is -2.59. The normalized spacial score (nSPS) is 16.0. The Morgan fingerprint density at radius 1 is 1.18 bits per heavy atom. The van der Waals surface area contributed by atoms with Gasteiger partial charge in [-0.3, -0.25) is 9.10 Å². The fourth-order valence-corrected chi connectivity index (χ4v) is 4.91. The highest BCUT2D eigenvalue weighted by molar-refractivity contribution is 7.93. The lowest BCUT2D eigenvalue weighted by Gasteiger charge is -2.19. The average Bonchev–Trinajstić information content (AvgIpc) is 2.99. The minimum Gasteiger partial charge on any atom is -0.505 e. The van der Waals surface area contributed by atoms with E-state index in [1.807, 2.05) is 0 Å². The monoisotopic (exact) mass is 405 g/mol. The van der Waals surface area contributed by atoms with Crippen molar-refractivity contribution in [1.29, 1.82) is 0 Å². The molecule has 3 aromatic rings. The van der Waals surface area contributed by atoms with E-state index in [1.165, 1.54) is 16.4 Å². The molecule has 0 aliphatic carbocycles. The first-order valence-corrected chi connectivity index (χ1v) is 10.1. The smallest absolute Gasteiger partial charge is 0.235 e. The van der Waals surface area contributed by atoms with Gasteiger partial charge in [-0.2, -0.15) is 0 Å². The molecule has 1 saturated heterocycles. The van der Waals surface area contributed by atoms with Crippen LogP contribution in [0.4, 0.5) is 10.1 Å². The number of phenols is 1. The van der Waals surface area contributed by atoms with Gasteiger partial charge < -0.3 is 14.6 Å². The first kappa shape index (κ1) is 18.3. The van der Waals surface area contributed by atoms with Gasteiger partial charge in [-0.25, -0.2) is 12.8 Å². The number of hydrogen-bond acceptors (Lipinski definition) is 6. The molecular weight excluding hydrogens is 389 g/mol. The van der Waals surface area contributed by atoms with Crippen LogP contribution in [0.25, 0.3) is 22.3 Å². The van der Waals surface area contributed by atoms with Crippen LogP contribution in [0.5, 0.6) is 11.5 Å². The van der Waals surface area contributed by atoms with Crippen molar-refractivity contribution < 1.29 is 27.4 Å². The van der Waals surface area contributed by atoms with Gasteiger partial charge in [-0.1, -0.05) is 0 Å². The molecule has 0 spiro atoms. The molecule has 0 unspecified atom stereocenters. The molecule has 0 saturated carbocycles. The number of aryl methyl sites for hydroxylation is 1. The number of halogens is 1. The quantitative estimate of drug-likeness (QED) is 0.679. The molecule has 2 N–H and O–H groups in total. The Bertz CT molecular complexity index is 1280. The highest BCUT2D eigenvalue weighted by Gasteiger charge is 2.31. The van der Waals surface area contributed by atoms with E-state index < -0.39 is 32.8 Å². The Hall–Kier alpha value is -3.07. The van der Waals surface area contributed by atoms with Crippen molar-refractivity contribution in [3.63, 3.8) is 0 Å². The minimum absolute atomic E-state index is 0.0117. The van der Waals surface area contributed by atoms with Crippen molar-refractivity contribution in [3.8, 4) is 22.8 Å². The molecule has 1 aromatic heterocycles. The summed E-state index contributed by atoms with van der Waals surface area (Å²) >= 11 is 0. The van der Waals surface area contributed by atoms with E-state index in [4.69, 9.17) is 4.42 Å². The van der Waals surface area contributed by atoms with Crippen LogP contribution in [0.1, 0.15) is 12.0 Å². The summed E-state index contributed by atoms with van der Waals surface area (Å²) in [6, 6.07) is 6.35. The van der Waals surface area contributed by atoms with Crippen molar-refractivity contribution in [2.24, 2.45) is 0 Å². The molecular formula is C19H16FNO6S. The van der Waals surface area contributed by atoms with E-state index in [2.05, 4.69) is 0 Å². The standard InChI is InChI=1S/C19H16FNO6S/c1-10-7-12-16(23)17(24)18(11-3-4-15(22)13(20)9-11)27-19(12)14(8-10)21-5-2-6-28(21,25)26/h3-4,7-9,22,24H,2,5-6H2,1H3. The number of hydrogen-bond donors (Lipinski definition) is 2. The van der Waals surface area contributed by atoms with Crippen molar-refractivity contribution in [1.82, 2.24) is 0 Å². The summed E-state index contributed by atoms with van der Waals surface area (Å²) in [5.41, 5.74) is 0.0843. The molecule has 0 amide bonds. The van der Waals surface area contributed by atoms with Gasteiger partial charge in [0, 0.05) is 12.1 Å². The van der Waals surface area contributed by atoms with Crippen molar-refractivity contribution in [3.05, 3.63) is 51.9 Å². The highest BCUT2D eigenvalue weighted by atomic mass is 32.2. The van der Waals surface area contributed by atoms with E-state index in [0.29, 0.717) is 12.0 Å². The van der Waals surface area contributed by atoms with Crippen LogP contribution in [-0.2, 0) is 10.0 Å². The van der Waals surface area contributed by atoms with E-state index in [1.54, 1.807) is 13.0 Å². The molecule has 1 fully saturated rings. The Balaban J connectivity index is 2.06.